The first-order valence-corrected chi connectivity index (χ1v) is 2.25. The first kappa shape index (κ1) is 5.10. The lowest BCUT2D eigenvalue weighted by Gasteiger charge is -1.99. The van der Waals surface area contributed by atoms with Crippen molar-refractivity contribution in [3.05, 3.63) is 6.54 Å². The summed E-state index contributed by atoms with van der Waals surface area (Å²) in [6, 6.07) is 1.57. The van der Waals surface area contributed by atoms with Crippen LogP contribution in [0.15, 0.2) is 4.99 Å². The maximum atomic E-state index is 8.23. The van der Waals surface area contributed by atoms with Crippen molar-refractivity contribution >= 4 is 6.34 Å². The quantitative estimate of drug-likeness (QED) is 0.433. The summed E-state index contributed by atoms with van der Waals surface area (Å²) in [6.07, 6.45) is 1.58. The monoisotopic (exact) mass is 107 g/mol. The van der Waals surface area contributed by atoms with Gasteiger partial charge in [-0.3, -0.25) is 4.99 Å². The highest BCUT2D eigenvalue weighted by atomic mass is 15.2. The minimum Gasteiger partial charge on any atom is -0.352 e. The van der Waals surface area contributed by atoms with Gasteiger partial charge in [-0.05, 0) is 0 Å². The molecule has 8 heavy (non-hydrogen) atoms. The van der Waals surface area contributed by atoms with E-state index in [1.807, 2.05) is 6.07 Å². The zero-order chi connectivity index (χ0) is 5.98. The maximum absolute atomic E-state index is 8.23. The zero-order valence-corrected chi connectivity index (χ0v) is 4.50. The highest BCUT2D eigenvalue weighted by Gasteiger charge is 2.13. The maximum Gasteiger partial charge on any atom is 0.166 e. The van der Waals surface area contributed by atoms with Crippen molar-refractivity contribution in [3.63, 3.8) is 0 Å². The van der Waals surface area contributed by atoms with E-state index in [1.165, 1.54) is 0 Å². The Morgan fingerprint density at radius 2 is 2.75 bits per heavy atom. The van der Waals surface area contributed by atoms with Gasteiger partial charge in [-0.2, -0.15) is 5.26 Å². The van der Waals surface area contributed by atoms with Crippen LogP contribution in [0.2, 0.25) is 0 Å². The number of nitrogens with zero attached hydrogens (tertiary/aromatic N) is 3. The smallest absolute Gasteiger partial charge is 0.166 e. The van der Waals surface area contributed by atoms with Gasteiger partial charge in [0.05, 0.1) is 12.4 Å². The third-order valence-corrected chi connectivity index (χ3v) is 0.837. The van der Waals surface area contributed by atoms with E-state index >= 15 is 0 Å². The summed E-state index contributed by atoms with van der Waals surface area (Å²) in [5.74, 6) is 0. The molecule has 0 aromatic rings. The summed E-state index contributed by atoms with van der Waals surface area (Å²) in [4.78, 5) is 5.41. The highest BCUT2D eigenvalue weighted by molar-refractivity contribution is 5.60. The molecule has 3 nitrogen and oxygen atoms in total. The van der Waals surface area contributed by atoms with Gasteiger partial charge in [0, 0.05) is 7.05 Å². The minimum atomic E-state index is -0.375. The topological polar surface area (TPSA) is 39.4 Å². The lowest BCUT2D eigenvalue weighted by molar-refractivity contribution is 0.635. The van der Waals surface area contributed by atoms with Crippen LogP contribution in [0.1, 0.15) is 0 Å². The second-order valence-corrected chi connectivity index (χ2v) is 1.54. The van der Waals surface area contributed by atoms with Gasteiger partial charge in [0.2, 0.25) is 0 Å². The van der Waals surface area contributed by atoms with E-state index in [1.54, 1.807) is 18.3 Å². The Hall–Kier alpha value is -1.04. The summed E-state index contributed by atoms with van der Waals surface area (Å²) in [5.41, 5.74) is 0. The van der Waals surface area contributed by atoms with Gasteiger partial charge < -0.3 is 4.90 Å². The van der Waals surface area contributed by atoms with Gasteiger partial charge in [-0.1, -0.05) is 0 Å². The molecule has 0 N–H and O–H groups in total. The van der Waals surface area contributed by atoms with E-state index in [4.69, 9.17) is 5.26 Å². The normalized spacial score (nSPS) is 26.0. The molecule has 1 aliphatic rings. The Labute approximate surface area is 48.2 Å². The molecule has 1 unspecified atom stereocenters. The third kappa shape index (κ3) is 0.784. The zero-order valence-electron chi connectivity index (χ0n) is 4.50. The van der Waals surface area contributed by atoms with Gasteiger partial charge in [0.25, 0.3) is 0 Å². The first-order valence-electron chi connectivity index (χ1n) is 2.25. The van der Waals surface area contributed by atoms with Gasteiger partial charge in [-0.25, -0.2) is 0 Å². The van der Waals surface area contributed by atoms with Crippen LogP contribution >= 0.6 is 0 Å². The molecule has 40 valence electrons. The molecule has 1 aliphatic heterocycles. The molecule has 0 amide bonds. The van der Waals surface area contributed by atoms with E-state index < -0.39 is 0 Å². The van der Waals surface area contributed by atoms with Crippen LogP contribution in [0.25, 0.3) is 0 Å². The molecule has 3 heteroatoms. The average molecular weight is 107 g/mol. The van der Waals surface area contributed by atoms with Gasteiger partial charge in [-0.15, -0.1) is 0 Å². The van der Waals surface area contributed by atoms with Gasteiger partial charge in [0.1, 0.15) is 6.54 Å². The molecule has 1 atom stereocenters. The van der Waals surface area contributed by atoms with E-state index in [9.17, 15) is 0 Å². The van der Waals surface area contributed by atoms with Crippen molar-refractivity contribution < 1.29 is 0 Å². The molecule has 0 saturated carbocycles. The summed E-state index contributed by atoms with van der Waals surface area (Å²) >= 11 is 0. The lowest BCUT2D eigenvalue weighted by Crippen LogP contribution is -2.10. The lowest BCUT2D eigenvalue weighted by atomic mass is 10.4. The summed E-state index contributed by atoms with van der Waals surface area (Å²) < 4.78 is 0. The second-order valence-electron chi connectivity index (χ2n) is 1.54. The molecule has 0 aliphatic carbocycles. The number of hydrogen-bond donors (Lipinski definition) is 0. The van der Waals surface area contributed by atoms with Crippen LogP contribution in [-0.2, 0) is 0 Å². The molecule has 2 radical (unpaired) electrons. The standard InChI is InChI=1S/C5H5N3/c1-8-3-5(2-6)7-4-8/h4-5H,1H3. The van der Waals surface area contributed by atoms with Crippen molar-refractivity contribution in [2.75, 3.05) is 7.05 Å². The molecular formula is C5H5N3. The van der Waals surface area contributed by atoms with E-state index in [2.05, 4.69) is 11.5 Å². The van der Waals surface area contributed by atoms with Crippen molar-refractivity contribution in [2.24, 2.45) is 4.99 Å². The number of likely N-dealkylation sites (N-methyl/N-ethyl adjacent to an activating group) is 1. The molecule has 1 rings (SSSR count). The van der Waals surface area contributed by atoms with Crippen LogP contribution in [0, 0.1) is 17.9 Å². The molecule has 0 spiro atoms. The van der Waals surface area contributed by atoms with Crippen molar-refractivity contribution in [3.8, 4) is 6.07 Å². The van der Waals surface area contributed by atoms with E-state index in [-0.39, 0.29) is 6.04 Å². The summed E-state index contributed by atoms with van der Waals surface area (Å²) in [5, 5.41) is 8.23. The van der Waals surface area contributed by atoms with Crippen LogP contribution < -0.4 is 0 Å². The second kappa shape index (κ2) is 1.83. The largest absolute Gasteiger partial charge is 0.352 e. The van der Waals surface area contributed by atoms with Crippen LogP contribution in [0.3, 0.4) is 0 Å². The summed E-state index contributed by atoms with van der Waals surface area (Å²) in [6.45, 7) is 2.75. The SMILES string of the molecule is CN1[C]C(C#N)N=C1. The molecule has 1 heterocycles. The molecule has 0 fully saturated rings. The van der Waals surface area contributed by atoms with Crippen LogP contribution in [0.4, 0.5) is 0 Å². The number of hydrogen-bond acceptors (Lipinski definition) is 3. The van der Waals surface area contributed by atoms with Gasteiger partial charge in [0.15, 0.2) is 6.04 Å². The Bertz CT molecular complexity index is 144. The van der Waals surface area contributed by atoms with Crippen molar-refractivity contribution in [1.82, 2.24) is 4.90 Å². The summed E-state index contributed by atoms with van der Waals surface area (Å²) in [7, 11) is 1.79. The van der Waals surface area contributed by atoms with Crippen LogP contribution in [0.5, 0.6) is 0 Å². The first-order chi connectivity index (χ1) is 3.83. The van der Waals surface area contributed by atoms with Crippen molar-refractivity contribution in [1.29, 1.82) is 5.26 Å². The van der Waals surface area contributed by atoms with Crippen LogP contribution in [-0.4, -0.2) is 24.3 Å². The predicted octanol–water partition coefficient (Wildman–Crippen LogP) is -0.109. The Morgan fingerprint density at radius 1 is 2.00 bits per heavy atom. The molecule has 0 bridgehead atoms. The Balaban J connectivity index is 2.49. The fraction of sp³-hybridized carbons (Fsp3) is 0.400. The minimum absolute atomic E-state index is 0.375. The number of aliphatic imine (C=N–C) groups is 1. The van der Waals surface area contributed by atoms with Crippen molar-refractivity contribution in [2.45, 2.75) is 6.04 Å². The molecular weight excluding hydrogens is 102 g/mol. The average Bonchev–Trinajstić information content (AvgIpc) is 2.14. The molecule has 0 saturated heterocycles. The van der Waals surface area contributed by atoms with E-state index in [0.717, 1.165) is 0 Å². The number of rotatable bonds is 0. The Kier molecular flexibility index (Phi) is 1.17. The third-order valence-electron chi connectivity index (χ3n) is 0.837. The fourth-order valence-corrected chi connectivity index (χ4v) is 0.488. The predicted molar refractivity (Wildman–Crippen MR) is 28.9 cm³/mol. The molecule has 0 aromatic heterocycles. The van der Waals surface area contributed by atoms with E-state index in [0.29, 0.717) is 0 Å². The highest BCUT2D eigenvalue weighted by Crippen LogP contribution is 2.03. The fourth-order valence-electron chi connectivity index (χ4n) is 0.488. The number of nitriles is 1. The van der Waals surface area contributed by atoms with Gasteiger partial charge >= 0.3 is 0 Å². The Morgan fingerprint density at radius 3 is 3.00 bits per heavy atom. The molecule has 0 aromatic carbocycles.